The Hall–Kier alpha value is -3.44. The molecule has 0 fully saturated rings. The monoisotopic (exact) mass is 352 g/mol. The highest BCUT2D eigenvalue weighted by atomic mass is 16.6. The van der Waals surface area contributed by atoms with E-state index in [4.69, 9.17) is 4.42 Å². The number of anilines is 1. The molecule has 8 nitrogen and oxygen atoms in total. The highest BCUT2D eigenvalue weighted by molar-refractivity contribution is 5.88. The molecule has 0 amide bonds. The predicted molar refractivity (Wildman–Crippen MR) is 94.6 cm³/mol. The lowest BCUT2D eigenvalue weighted by atomic mass is 10.0. The van der Waals surface area contributed by atoms with Gasteiger partial charge in [0.15, 0.2) is 0 Å². The van der Waals surface area contributed by atoms with E-state index in [9.17, 15) is 20.5 Å². The summed E-state index contributed by atoms with van der Waals surface area (Å²) in [5.41, 5.74) is -0.666. The van der Waals surface area contributed by atoms with Crippen molar-refractivity contribution in [1.82, 2.24) is 4.98 Å². The van der Waals surface area contributed by atoms with E-state index in [1.54, 1.807) is 26.0 Å². The summed E-state index contributed by atoms with van der Waals surface area (Å²) >= 11 is 0. The van der Waals surface area contributed by atoms with E-state index in [1.807, 2.05) is 6.07 Å². The van der Waals surface area contributed by atoms with Gasteiger partial charge in [-0.1, -0.05) is 0 Å². The Kier molecular flexibility index (Phi) is 4.32. The number of aryl methyl sites for hydroxylation is 1. The minimum Gasteiger partial charge on any atom is -0.463 e. The van der Waals surface area contributed by atoms with Crippen LogP contribution in [0.4, 0.5) is 11.5 Å². The lowest BCUT2D eigenvalue weighted by Gasteiger charge is -2.21. The standard InChI is InChI=1S/C18H16N4O4/c1-11-3-6-16(26-11)18(2,23)10-20-17-7-12(9-19)14-8-13(22(24)25)4-5-15(14)21-17/h3-8,23H,10H2,1-2H3,(H,20,21). The second kappa shape index (κ2) is 6.46. The third-order valence-corrected chi connectivity index (χ3v) is 4.01. The third-order valence-electron chi connectivity index (χ3n) is 4.01. The highest BCUT2D eigenvalue weighted by Gasteiger charge is 2.27. The molecule has 0 aliphatic carbocycles. The van der Waals surface area contributed by atoms with E-state index in [0.717, 1.165) is 0 Å². The van der Waals surface area contributed by atoms with Crippen molar-refractivity contribution >= 4 is 22.4 Å². The van der Waals surface area contributed by atoms with Crippen molar-refractivity contribution in [2.75, 3.05) is 11.9 Å². The second-order valence-corrected chi connectivity index (χ2v) is 6.16. The van der Waals surface area contributed by atoms with Gasteiger partial charge in [0.2, 0.25) is 0 Å². The van der Waals surface area contributed by atoms with Gasteiger partial charge in [-0.15, -0.1) is 0 Å². The molecule has 3 rings (SSSR count). The number of furan rings is 1. The summed E-state index contributed by atoms with van der Waals surface area (Å²) in [4.78, 5) is 14.8. The first kappa shape index (κ1) is 17.4. The fourth-order valence-corrected chi connectivity index (χ4v) is 2.58. The van der Waals surface area contributed by atoms with Crippen LogP contribution in [-0.4, -0.2) is 21.6 Å². The average Bonchev–Trinajstić information content (AvgIpc) is 3.06. The molecule has 0 aliphatic rings. The Morgan fingerprint density at radius 3 is 2.77 bits per heavy atom. The Morgan fingerprint density at radius 2 is 2.15 bits per heavy atom. The molecule has 0 saturated heterocycles. The maximum Gasteiger partial charge on any atom is 0.270 e. The number of fused-ring (bicyclic) bond motifs is 1. The van der Waals surface area contributed by atoms with Gasteiger partial charge in [0.05, 0.1) is 28.6 Å². The van der Waals surface area contributed by atoms with Gasteiger partial charge in [-0.05, 0) is 38.1 Å². The average molecular weight is 352 g/mol. The second-order valence-electron chi connectivity index (χ2n) is 6.16. The molecule has 2 aromatic heterocycles. The van der Waals surface area contributed by atoms with Gasteiger partial charge >= 0.3 is 0 Å². The normalized spacial score (nSPS) is 13.2. The summed E-state index contributed by atoms with van der Waals surface area (Å²) < 4.78 is 5.46. The maximum absolute atomic E-state index is 10.9. The molecule has 2 N–H and O–H groups in total. The van der Waals surface area contributed by atoms with E-state index in [-0.39, 0.29) is 17.8 Å². The molecule has 1 aromatic carbocycles. The highest BCUT2D eigenvalue weighted by Crippen LogP contribution is 2.27. The number of aromatic nitrogens is 1. The van der Waals surface area contributed by atoms with E-state index in [2.05, 4.69) is 10.3 Å². The summed E-state index contributed by atoms with van der Waals surface area (Å²) in [7, 11) is 0. The first-order valence-corrected chi connectivity index (χ1v) is 7.82. The molecule has 132 valence electrons. The molecule has 1 unspecified atom stereocenters. The van der Waals surface area contributed by atoms with Crippen LogP contribution in [0.15, 0.2) is 40.8 Å². The minimum atomic E-state index is -1.27. The number of nitro benzene ring substituents is 1. The summed E-state index contributed by atoms with van der Waals surface area (Å²) in [5.74, 6) is 1.49. The number of nitriles is 1. The number of rotatable bonds is 5. The van der Waals surface area contributed by atoms with Crippen molar-refractivity contribution in [2.24, 2.45) is 0 Å². The van der Waals surface area contributed by atoms with Crippen molar-refractivity contribution in [3.05, 3.63) is 63.6 Å². The van der Waals surface area contributed by atoms with Crippen molar-refractivity contribution in [1.29, 1.82) is 5.26 Å². The summed E-state index contributed by atoms with van der Waals surface area (Å²) in [6.07, 6.45) is 0. The molecule has 0 aliphatic heterocycles. The molecular formula is C18H16N4O4. The van der Waals surface area contributed by atoms with E-state index < -0.39 is 10.5 Å². The van der Waals surface area contributed by atoms with Crippen LogP contribution >= 0.6 is 0 Å². The van der Waals surface area contributed by atoms with E-state index in [1.165, 1.54) is 24.3 Å². The number of nitrogens with zero attached hydrogens (tertiary/aromatic N) is 3. The Bertz CT molecular complexity index is 1030. The van der Waals surface area contributed by atoms with Crippen LogP contribution in [0, 0.1) is 28.4 Å². The lowest BCUT2D eigenvalue weighted by Crippen LogP contribution is -2.30. The van der Waals surface area contributed by atoms with Crippen molar-refractivity contribution < 1.29 is 14.4 Å². The van der Waals surface area contributed by atoms with Crippen LogP contribution in [-0.2, 0) is 5.60 Å². The largest absolute Gasteiger partial charge is 0.463 e. The van der Waals surface area contributed by atoms with Gasteiger partial charge in [-0.2, -0.15) is 5.26 Å². The van der Waals surface area contributed by atoms with Gasteiger partial charge < -0.3 is 14.8 Å². The van der Waals surface area contributed by atoms with Gasteiger partial charge in [-0.25, -0.2) is 4.98 Å². The third kappa shape index (κ3) is 3.34. The van der Waals surface area contributed by atoms with Gasteiger partial charge in [0, 0.05) is 17.5 Å². The molecule has 0 bridgehead atoms. The minimum absolute atomic E-state index is 0.104. The summed E-state index contributed by atoms with van der Waals surface area (Å²) in [6.45, 7) is 3.50. The maximum atomic E-state index is 10.9. The fourth-order valence-electron chi connectivity index (χ4n) is 2.58. The molecule has 1 atom stereocenters. The van der Waals surface area contributed by atoms with E-state index in [0.29, 0.717) is 28.2 Å². The number of non-ortho nitro benzene ring substituents is 1. The van der Waals surface area contributed by atoms with Crippen molar-refractivity contribution in [3.63, 3.8) is 0 Å². The van der Waals surface area contributed by atoms with Crippen LogP contribution in [0.25, 0.3) is 10.9 Å². The predicted octanol–water partition coefficient (Wildman–Crippen LogP) is 3.24. The molecule has 2 heterocycles. The first-order chi connectivity index (χ1) is 12.3. The number of hydrogen-bond acceptors (Lipinski definition) is 7. The quantitative estimate of drug-likeness (QED) is 0.533. The zero-order valence-corrected chi connectivity index (χ0v) is 14.2. The van der Waals surface area contributed by atoms with Gasteiger partial charge in [0.1, 0.15) is 22.9 Å². The van der Waals surface area contributed by atoms with Gasteiger partial charge in [-0.3, -0.25) is 10.1 Å². The van der Waals surface area contributed by atoms with Crippen LogP contribution in [0.3, 0.4) is 0 Å². The molecule has 0 spiro atoms. The molecule has 0 radical (unpaired) electrons. The zero-order chi connectivity index (χ0) is 18.9. The van der Waals surface area contributed by atoms with Crippen LogP contribution in [0.2, 0.25) is 0 Å². The summed E-state index contributed by atoms with van der Waals surface area (Å²) in [6, 6.07) is 11.1. The summed E-state index contributed by atoms with van der Waals surface area (Å²) in [5, 5.41) is 34.2. The SMILES string of the molecule is Cc1ccc(C(C)(O)CNc2cc(C#N)c3cc([N+](=O)[O-])ccc3n2)o1. The fraction of sp³-hybridized carbons (Fsp3) is 0.222. The number of nitrogens with one attached hydrogen (secondary N) is 1. The topological polar surface area (TPSA) is 125 Å². The smallest absolute Gasteiger partial charge is 0.270 e. The molecule has 26 heavy (non-hydrogen) atoms. The Morgan fingerprint density at radius 1 is 1.38 bits per heavy atom. The molecular weight excluding hydrogens is 336 g/mol. The lowest BCUT2D eigenvalue weighted by molar-refractivity contribution is -0.384. The number of aliphatic hydroxyl groups is 1. The van der Waals surface area contributed by atoms with Gasteiger partial charge in [0.25, 0.3) is 5.69 Å². The molecule has 0 saturated carbocycles. The number of pyridine rings is 1. The molecule has 3 aromatic rings. The Labute approximate surface area is 148 Å². The number of nitro groups is 1. The first-order valence-electron chi connectivity index (χ1n) is 7.82. The van der Waals surface area contributed by atoms with E-state index >= 15 is 0 Å². The van der Waals surface area contributed by atoms with Crippen molar-refractivity contribution in [2.45, 2.75) is 19.4 Å². The van der Waals surface area contributed by atoms with Crippen LogP contribution < -0.4 is 5.32 Å². The number of benzene rings is 1. The Balaban J connectivity index is 1.90. The molecule has 8 heteroatoms. The van der Waals surface area contributed by atoms with Crippen LogP contribution in [0.1, 0.15) is 24.0 Å². The number of hydrogen-bond donors (Lipinski definition) is 2. The van der Waals surface area contributed by atoms with Crippen LogP contribution in [0.5, 0.6) is 0 Å². The zero-order valence-electron chi connectivity index (χ0n) is 14.2. The van der Waals surface area contributed by atoms with Crippen molar-refractivity contribution in [3.8, 4) is 6.07 Å².